The molecule has 3 heterocycles. The van der Waals surface area contributed by atoms with Gasteiger partial charge in [0.1, 0.15) is 17.0 Å². The maximum Gasteiger partial charge on any atom is 0.151 e. The molecule has 0 aliphatic heterocycles. The number of pyridine rings is 1. The lowest BCUT2D eigenvalue weighted by Crippen LogP contribution is -2.01. The van der Waals surface area contributed by atoms with Crippen LogP contribution in [0.15, 0.2) is 73.1 Å². The molecule has 31 heavy (non-hydrogen) atoms. The number of aromatic nitrogens is 5. The number of carbonyl (C=O) groups is 1. The molecule has 8 heteroatoms. The first kappa shape index (κ1) is 19.5. The lowest BCUT2D eigenvalue weighted by atomic mass is 10.1. The zero-order valence-corrected chi connectivity index (χ0v) is 17.6. The zero-order chi connectivity index (χ0) is 21.4. The van der Waals surface area contributed by atoms with Crippen molar-refractivity contribution in [1.29, 1.82) is 0 Å². The summed E-state index contributed by atoms with van der Waals surface area (Å²) < 4.78 is 3.71. The van der Waals surface area contributed by atoms with E-state index in [4.69, 9.17) is 28.2 Å². The summed E-state index contributed by atoms with van der Waals surface area (Å²) in [5.74, 6) is 0. The van der Waals surface area contributed by atoms with Gasteiger partial charge in [0.15, 0.2) is 6.29 Å². The molecular weight excluding hydrogens is 433 g/mol. The number of hydrogen-bond donors (Lipinski definition) is 0. The van der Waals surface area contributed by atoms with Crippen molar-refractivity contribution in [2.24, 2.45) is 0 Å². The van der Waals surface area contributed by atoms with E-state index in [1.807, 2.05) is 65.3 Å². The van der Waals surface area contributed by atoms with Crippen LogP contribution in [0.1, 0.15) is 15.9 Å². The fourth-order valence-electron chi connectivity index (χ4n) is 3.50. The molecule has 0 bridgehead atoms. The standard InChI is InChI=1S/C23H15Cl2N5O/c24-18-7-5-16(6-8-18)22-23(30-10-2-1-3-21(30)26-22)20-13-29(28-27-20)12-15-4-9-19(25)17(11-15)14-31/h1-11,13-14H,12H2. The molecule has 0 unspecified atom stereocenters. The Balaban J connectivity index is 1.57. The summed E-state index contributed by atoms with van der Waals surface area (Å²) in [5, 5.41) is 9.78. The van der Waals surface area contributed by atoms with Gasteiger partial charge in [-0.1, -0.05) is 52.7 Å². The van der Waals surface area contributed by atoms with E-state index in [-0.39, 0.29) is 0 Å². The number of carbonyl (C=O) groups excluding carboxylic acids is 1. The van der Waals surface area contributed by atoms with E-state index in [1.54, 1.807) is 16.8 Å². The van der Waals surface area contributed by atoms with E-state index in [1.165, 1.54) is 0 Å². The molecule has 2 aromatic carbocycles. The minimum absolute atomic E-state index is 0.427. The molecule has 0 aliphatic carbocycles. The van der Waals surface area contributed by atoms with Gasteiger partial charge in [-0.15, -0.1) is 5.10 Å². The Hall–Kier alpha value is -3.48. The molecule has 0 saturated heterocycles. The van der Waals surface area contributed by atoms with Crippen LogP contribution in [0.4, 0.5) is 0 Å². The number of imidazole rings is 1. The van der Waals surface area contributed by atoms with Crippen LogP contribution in [0, 0.1) is 0 Å². The highest BCUT2D eigenvalue weighted by atomic mass is 35.5. The highest BCUT2D eigenvalue weighted by molar-refractivity contribution is 6.33. The number of hydrogen-bond acceptors (Lipinski definition) is 4. The van der Waals surface area contributed by atoms with Gasteiger partial charge in [-0.25, -0.2) is 9.67 Å². The Morgan fingerprint density at radius 3 is 2.65 bits per heavy atom. The molecule has 0 radical (unpaired) electrons. The van der Waals surface area contributed by atoms with Gasteiger partial charge in [0, 0.05) is 22.3 Å². The fraction of sp³-hybridized carbons (Fsp3) is 0.0435. The predicted octanol–water partition coefficient (Wildman–Crippen LogP) is 5.43. The monoisotopic (exact) mass is 447 g/mol. The third-order valence-electron chi connectivity index (χ3n) is 4.96. The largest absolute Gasteiger partial charge is 0.298 e. The maximum atomic E-state index is 11.2. The predicted molar refractivity (Wildman–Crippen MR) is 121 cm³/mol. The van der Waals surface area contributed by atoms with Crippen LogP contribution in [0.25, 0.3) is 28.3 Å². The zero-order valence-electron chi connectivity index (χ0n) is 16.1. The quantitative estimate of drug-likeness (QED) is 0.337. The summed E-state index contributed by atoms with van der Waals surface area (Å²) in [6.07, 6.45) is 4.56. The van der Waals surface area contributed by atoms with Gasteiger partial charge in [-0.2, -0.15) is 0 Å². The topological polar surface area (TPSA) is 65.1 Å². The smallest absolute Gasteiger partial charge is 0.151 e. The summed E-state index contributed by atoms with van der Waals surface area (Å²) in [6.45, 7) is 0.456. The van der Waals surface area contributed by atoms with Crippen LogP contribution in [0.2, 0.25) is 10.0 Å². The molecule has 5 aromatic rings. The highest BCUT2D eigenvalue weighted by Gasteiger charge is 2.18. The van der Waals surface area contributed by atoms with Crippen LogP contribution in [0.5, 0.6) is 0 Å². The highest BCUT2D eigenvalue weighted by Crippen LogP contribution is 2.32. The molecule has 0 fully saturated rings. The first-order valence-electron chi connectivity index (χ1n) is 9.49. The minimum atomic E-state index is 0.427. The summed E-state index contributed by atoms with van der Waals surface area (Å²) in [6, 6.07) is 18.7. The van der Waals surface area contributed by atoms with Crippen molar-refractivity contribution in [3.05, 3.63) is 94.2 Å². The van der Waals surface area contributed by atoms with Crippen LogP contribution in [0.3, 0.4) is 0 Å². The Kier molecular flexibility index (Phi) is 5.02. The third kappa shape index (κ3) is 3.71. The molecule has 0 N–H and O–H groups in total. The molecule has 0 saturated carbocycles. The Morgan fingerprint density at radius 2 is 1.84 bits per heavy atom. The normalized spacial score (nSPS) is 11.2. The molecule has 5 rings (SSSR count). The number of rotatable bonds is 5. The molecule has 152 valence electrons. The first-order valence-corrected chi connectivity index (χ1v) is 10.2. The van der Waals surface area contributed by atoms with E-state index in [0.717, 1.165) is 34.4 Å². The number of fused-ring (bicyclic) bond motifs is 1. The average molecular weight is 448 g/mol. The number of aldehydes is 1. The van der Waals surface area contributed by atoms with Gasteiger partial charge in [0.05, 0.1) is 23.5 Å². The van der Waals surface area contributed by atoms with Crippen LogP contribution in [-0.4, -0.2) is 30.7 Å². The van der Waals surface area contributed by atoms with Gasteiger partial charge in [-0.3, -0.25) is 9.20 Å². The molecule has 6 nitrogen and oxygen atoms in total. The van der Waals surface area contributed by atoms with Crippen LogP contribution >= 0.6 is 23.2 Å². The van der Waals surface area contributed by atoms with Gasteiger partial charge in [-0.05, 0) is 42.0 Å². The Morgan fingerprint density at radius 1 is 1.00 bits per heavy atom. The number of halogens is 2. The van der Waals surface area contributed by atoms with Gasteiger partial charge < -0.3 is 0 Å². The second-order valence-electron chi connectivity index (χ2n) is 7.02. The first-order chi connectivity index (χ1) is 15.1. The van der Waals surface area contributed by atoms with Crippen molar-refractivity contribution in [1.82, 2.24) is 24.4 Å². The molecule has 0 aliphatic rings. The van der Waals surface area contributed by atoms with E-state index in [9.17, 15) is 4.79 Å². The van der Waals surface area contributed by atoms with Crippen LogP contribution in [-0.2, 0) is 6.54 Å². The van der Waals surface area contributed by atoms with E-state index in [2.05, 4.69) is 10.3 Å². The SMILES string of the molecule is O=Cc1cc(Cn2cc(-c3c(-c4ccc(Cl)cc4)nc4ccccn34)nn2)ccc1Cl. The average Bonchev–Trinajstić information content (AvgIpc) is 3.39. The van der Waals surface area contributed by atoms with E-state index in [0.29, 0.717) is 27.8 Å². The Labute approximate surface area is 187 Å². The third-order valence-corrected chi connectivity index (χ3v) is 5.56. The van der Waals surface area contributed by atoms with Gasteiger partial charge in [0.25, 0.3) is 0 Å². The van der Waals surface area contributed by atoms with E-state index >= 15 is 0 Å². The van der Waals surface area contributed by atoms with Crippen molar-refractivity contribution in [3.8, 4) is 22.6 Å². The second kappa shape index (κ2) is 7.98. The van der Waals surface area contributed by atoms with E-state index < -0.39 is 0 Å². The number of nitrogens with zero attached hydrogens (tertiary/aromatic N) is 5. The molecule has 0 amide bonds. The van der Waals surface area contributed by atoms with Crippen molar-refractivity contribution in [2.45, 2.75) is 6.54 Å². The minimum Gasteiger partial charge on any atom is -0.298 e. The summed E-state index contributed by atoms with van der Waals surface area (Å²) in [4.78, 5) is 16.0. The molecule has 0 atom stereocenters. The van der Waals surface area contributed by atoms with Gasteiger partial charge >= 0.3 is 0 Å². The lowest BCUT2D eigenvalue weighted by Gasteiger charge is -2.04. The fourth-order valence-corrected chi connectivity index (χ4v) is 3.79. The van der Waals surface area contributed by atoms with Crippen LogP contribution < -0.4 is 0 Å². The molecule has 0 spiro atoms. The van der Waals surface area contributed by atoms with Crippen molar-refractivity contribution < 1.29 is 4.79 Å². The van der Waals surface area contributed by atoms with Crippen molar-refractivity contribution >= 4 is 35.1 Å². The molecular formula is C23H15Cl2N5O. The lowest BCUT2D eigenvalue weighted by molar-refractivity contribution is 0.112. The summed E-state index contributed by atoms with van der Waals surface area (Å²) in [7, 11) is 0. The second-order valence-corrected chi connectivity index (χ2v) is 7.86. The van der Waals surface area contributed by atoms with Gasteiger partial charge in [0.2, 0.25) is 0 Å². The maximum absolute atomic E-state index is 11.2. The van der Waals surface area contributed by atoms with Crippen molar-refractivity contribution in [2.75, 3.05) is 0 Å². The Bertz CT molecular complexity index is 1410. The molecule has 3 aromatic heterocycles. The summed E-state index contributed by atoms with van der Waals surface area (Å²) in [5.41, 5.74) is 5.42. The number of benzene rings is 2. The summed E-state index contributed by atoms with van der Waals surface area (Å²) >= 11 is 12.1. The van der Waals surface area contributed by atoms with Crippen molar-refractivity contribution in [3.63, 3.8) is 0 Å².